The van der Waals surface area contributed by atoms with Crippen LogP contribution in [-0.4, -0.2) is 13.4 Å². The van der Waals surface area contributed by atoms with Crippen LogP contribution in [0, 0.1) is 17.1 Å². The van der Waals surface area contributed by atoms with E-state index in [1.165, 1.54) is 18.3 Å². The fourth-order valence-electron chi connectivity index (χ4n) is 1.58. The van der Waals surface area contributed by atoms with E-state index < -0.39 is 19.8 Å². The van der Waals surface area contributed by atoms with Crippen molar-refractivity contribution in [2.45, 2.75) is 11.5 Å². The molecule has 0 bridgehead atoms. The van der Waals surface area contributed by atoms with Crippen LogP contribution in [0.4, 0.5) is 4.39 Å². The van der Waals surface area contributed by atoms with Crippen LogP contribution in [0.3, 0.4) is 0 Å². The number of halogens is 2. The molecule has 8 heteroatoms. The second-order valence-corrected chi connectivity index (χ2v) is 6.51. The highest BCUT2D eigenvalue weighted by molar-refractivity contribution is 8.13. The number of benzene rings is 1. The Hall–Kier alpha value is -2.17. The lowest BCUT2D eigenvalue weighted by atomic mass is 10.2. The van der Waals surface area contributed by atoms with Crippen molar-refractivity contribution < 1.29 is 17.5 Å². The van der Waals surface area contributed by atoms with E-state index in [0.717, 1.165) is 12.1 Å². The highest BCUT2D eigenvalue weighted by atomic mass is 35.7. The number of rotatable bonds is 4. The SMILES string of the molecule is N#Cc1cc(COc2ccc(F)cc2S(=O)(=O)Cl)ccn1. The molecule has 0 fully saturated rings. The van der Waals surface area contributed by atoms with Gasteiger partial charge in [-0.15, -0.1) is 0 Å². The van der Waals surface area contributed by atoms with Crippen LogP contribution in [0.1, 0.15) is 11.3 Å². The molecule has 21 heavy (non-hydrogen) atoms. The molecule has 0 aliphatic rings. The number of hydrogen-bond donors (Lipinski definition) is 0. The van der Waals surface area contributed by atoms with Crippen molar-refractivity contribution in [2.75, 3.05) is 0 Å². The zero-order chi connectivity index (χ0) is 15.5. The van der Waals surface area contributed by atoms with Crippen molar-refractivity contribution in [1.29, 1.82) is 5.26 Å². The van der Waals surface area contributed by atoms with E-state index in [-0.39, 0.29) is 18.1 Å². The Morgan fingerprint density at radius 2 is 2.10 bits per heavy atom. The Balaban J connectivity index is 2.26. The van der Waals surface area contributed by atoms with E-state index in [1.54, 1.807) is 6.07 Å². The molecule has 0 radical (unpaired) electrons. The van der Waals surface area contributed by atoms with Gasteiger partial charge in [0.25, 0.3) is 9.05 Å². The summed E-state index contributed by atoms with van der Waals surface area (Å²) in [5, 5.41) is 8.74. The zero-order valence-electron chi connectivity index (χ0n) is 10.5. The lowest BCUT2D eigenvalue weighted by molar-refractivity contribution is 0.297. The minimum absolute atomic E-state index is 0.0117. The maximum Gasteiger partial charge on any atom is 0.265 e. The first-order valence-electron chi connectivity index (χ1n) is 5.62. The van der Waals surface area contributed by atoms with Gasteiger partial charge in [-0.2, -0.15) is 5.26 Å². The molecule has 1 heterocycles. The fourth-order valence-corrected chi connectivity index (χ4v) is 2.56. The molecule has 2 rings (SSSR count). The topological polar surface area (TPSA) is 80.0 Å². The summed E-state index contributed by atoms with van der Waals surface area (Å²) < 4.78 is 41.2. The van der Waals surface area contributed by atoms with Crippen molar-refractivity contribution in [3.63, 3.8) is 0 Å². The first kappa shape index (κ1) is 15.2. The molecule has 5 nitrogen and oxygen atoms in total. The standard InChI is InChI=1S/C13H8ClFN2O3S/c14-21(18,19)13-6-10(15)1-2-12(13)20-8-9-3-4-17-11(5-9)7-16/h1-6H,8H2. The zero-order valence-corrected chi connectivity index (χ0v) is 12.0. The molecule has 0 N–H and O–H groups in total. The summed E-state index contributed by atoms with van der Waals surface area (Å²) in [7, 11) is 1.11. The normalized spacial score (nSPS) is 10.9. The Labute approximate surface area is 125 Å². The molecule has 108 valence electrons. The number of pyridine rings is 1. The van der Waals surface area contributed by atoms with Gasteiger partial charge in [-0.05, 0) is 35.9 Å². The van der Waals surface area contributed by atoms with Gasteiger partial charge in [0.05, 0.1) is 0 Å². The van der Waals surface area contributed by atoms with Crippen molar-refractivity contribution in [1.82, 2.24) is 4.98 Å². The number of ether oxygens (including phenoxy) is 1. The van der Waals surface area contributed by atoms with Gasteiger partial charge in [0.15, 0.2) is 0 Å². The number of hydrogen-bond acceptors (Lipinski definition) is 5. The number of nitrogens with zero attached hydrogens (tertiary/aromatic N) is 2. The van der Waals surface area contributed by atoms with Crippen LogP contribution >= 0.6 is 10.7 Å². The Kier molecular flexibility index (Phi) is 4.40. The van der Waals surface area contributed by atoms with Gasteiger partial charge >= 0.3 is 0 Å². The van der Waals surface area contributed by atoms with E-state index in [9.17, 15) is 12.8 Å². The molecule has 2 aromatic rings. The molecule has 0 saturated heterocycles. The molecule has 0 atom stereocenters. The second-order valence-electron chi connectivity index (χ2n) is 3.98. The second kappa shape index (κ2) is 6.08. The predicted molar refractivity (Wildman–Crippen MR) is 72.7 cm³/mol. The summed E-state index contributed by atoms with van der Waals surface area (Å²) in [5.41, 5.74) is 0.823. The maximum absolute atomic E-state index is 13.1. The van der Waals surface area contributed by atoms with Crippen LogP contribution < -0.4 is 4.74 Å². The first-order valence-corrected chi connectivity index (χ1v) is 7.93. The van der Waals surface area contributed by atoms with E-state index >= 15 is 0 Å². The van der Waals surface area contributed by atoms with Crippen molar-refractivity contribution in [2.24, 2.45) is 0 Å². The molecule has 0 amide bonds. The molecule has 1 aromatic heterocycles. The molecule has 0 aliphatic carbocycles. The average Bonchev–Trinajstić information content (AvgIpc) is 2.45. The van der Waals surface area contributed by atoms with Gasteiger partial charge in [0.1, 0.15) is 34.8 Å². The van der Waals surface area contributed by atoms with Crippen LogP contribution in [0.2, 0.25) is 0 Å². The summed E-state index contributed by atoms with van der Waals surface area (Å²) in [6.45, 7) is -0.0117. The third-order valence-electron chi connectivity index (χ3n) is 2.50. The van der Waals surface area contributed by atoms with Crippen molar-refractivity contribution >= 4 is 19.7 Å². The maximum atomic E-state index is 13.1. The van der Waals surface area contributed by atoms with E-state index in [1.807, 2.05) is 6.07 Å². The van der Waals surface area contributed by atoms with Crippen molar-refractivity contribution in [3.8, 4) is 11.8 Å². The largest absolute Gasteiger partial charge is 0.487 e. The lowest BCUT2D eigenvalue weighted by Crippen LogP contribution is -2.02. The summed E-state index contributed by atoms with van der Waals surface area (Å²) >= 11 is 0. The van der Waals surface area contributed by atoms with Gasteiger partial charge < -0.3 is 4.74 Å². The van der Waals surface area contributed by atoms with Crippen LogP contribution in [0.15, 0.2) is 41.4 Å². The lowest BCUT2D eigenvalue weighted by Gasteiger charge is -2.09. The average molecular weight is 327 g/mol. The van der Waals surface area contributed by atoms with Crippen LogP contribution in [0.25, 0.3) is 0 Å². The Bertz CT molecular complexity index is 818. The number of aromatic nitrogens is 1. The van der Waals surface area contributed by atoms with Gasteiger partial charge in [-0.1, -0.05) is 0 Å². The van der Waals surface area contributed by atoms with E-state index in [2.05, 4.69) is 4.98 Å². The number of nitriles is 1. The van der Waals surface area contributed by atoms with Gasteiger partial charge in [-0.3, -0.25) is 0 Å². The minimum Gasteiger partial charge on any atom is -0.487 e. The smallest absolute Gasteiger partial charge is 0.265 e. The van der Waals surface area contributed by atoms with Gasteiger partial charge in [0, 0.05) is 16.9 Å². The molecular weight excluding hydrogens is 319 g/mol. The third-order valence-corrected chi connectivity index (χ3v) is 3.84. The predicted octanol–water partition coefficient (Wildman–Crippen LogP) is 2.60. The van der Waals surface area contributed by atoms with Gasteiger partial charge in [0.2, 0.25) is 0 Å². The van der Waals surface area contributed by atoms with Crippen molar-refractivity contribution in [3.05, 3.63) is 53.6 Å². The molecule has 1 aromatic carbocycles. The van der Waals surface area contributed by atoms with E-state index in [4.69, 9.17) is 20.7 Å². The van der Waals surface area contributed by atoms with Crippen LogP contribution in [-0.2, 0) is 15.7 Å². The molecule has 0 saturated carbocycles. The third kappa shape index (κ3) is 3.90. The fraction of sp³-hybridized carbons (Fsp3) is 0.0769. The van der Waals surface area contributed by atoms with E-state index in [0.29, 0.717) is 5.56 Å². The van der Waals surface area contributed by atoms with Gasteiger partial charge in [-0.25, -0.2) is 17.8 Å². The molecule has 0 aliphatic heterocycles. The molecule has 0 unspecified atom stereocenters. The summed E-state index contributed by atoms with van der Waals surface area (Å²) in [6.07, 6.45) is 1.43. The Morgan fingerprint density at radius 1 is 1.33 bits per heavy atom. The highest BCUT2D eigenvalue weighted by Crippen LogP contribution is 2.28. The Morgan fingerprint density at radius 3 is 2.76 bits per heavy atom. The summed E-state index contributed by atoms with van der Waals surface area (Å²) in [4.78, 5) is 3.35. The first-order chi connectivity index (χ1) is 9.90. The quantitative estimate of drug-likeness (QED) is 0.807. The highest BCUT2D eigenvalue weighted by Gasteiger charge is 2.18. The summed E-state index contributed by atoms with van der Waals surface area (Å²) in [5.74, 6) is -0.807. The van der Waals surface area contributed by atoms with Crippen LogP contribution in [0.5, 0.6) is 5.75 Å². The molecule has 0 spiro atoms. The summed E-state index contributed by atoms with van der Waals surface area (Å²) in [6, 6.07) is 8.01. The molecular formula is C13H8ClFN2O3S. The minimum atomic E-state index is -4.13. The monoisotopic (exact) mass is 326 g/mol.